The zero-order chi connectivity index (χ0) is 29.1. The molecule has 4 nitrogen and oxygen atoms in total. The van der Waals surface area contributed by atoms with E-state index >= 15 is 0 Å². The van der Waals surface area contributed by atoms with Crippen molar-refractivity contribution in [1.29, 1.82) is 0 Å². The molecule has 6 aromatic rings. The molecule has 0 bridgehead atoms. The average molecular weight is 600 g/mol. The van der Waals surface area contributed by atoms with Gasteiger partial charge in [-0.3, -0.25) is 0 Å². The van der Waals surface area contributed by atoms with E-state index in [1.165, 1.54) is 0 Å². The zero-order valence-corrected chi connectivity index (χ0v) is 25.2. The molecule has 6 heteroatoms. The Bertz CT molecular complexity index is 1760. The van der Waals surface area contributed by atoms with Crippen molar-refractivity contribution in [2.45, 2.75) is 13.8 Å². The van der Waals surface area contributed by atoms with Gasteiger partial charge in [-0.05, 0) is 82.9 Å². The van der Waals surface area contributed by atoms with Crippen LogP contribution in [0.2, 0.25) is 10.0 Å². The van der Waals surface area contributed by atoms with E-state index in [0.717, 1.165) is 65.7 Å². The number of benzene rings is 6. The van der Waals surface area contributed by atoms with Gasteiger partial charge in [0.15, 0.2) is 0 Å². The van der Waals surface area contributed by atoms with Gasteiger partial charge in [0, 0.05) is 44.8 Å². The quantitative estimate of drug-likeness (QED) is 0.110. The molecule has 0 aliphatic rings. The molecule has 6 aromatic carbocycles. The first-order valence-electron chi connectivity index (χ1n) is 14.3. The number of hydrogen-bond acceptors (Lipinski definition) is 4. The van der Waals surface area contributed by atoms with Crippen LogP contribution in [0.5, 0.6) is 11.5 Å². The van der Waals surface area contributed by atoms with Crippen LogP contribution < -0.4 is 9.47 Å². The normalized spacial score (nSPS) is 11.6. The maximum atomic E-state index is 6.68. The van der Waals surface area contributed by atoms with Gasteiger partial charge in [0.2, 0.25) is 0 Å². The van der Waals surface area contributed by atoms with Gasteiger partial charge in [0.1, 0.15) is 24.7 Å². The minimum atomic E-state index is 0.449. The molecule has 0 aliphatic carbocycles. The monoisotopic (exact) mass is 598 g/mol. The minimum absolute atomic E-state index is 0.449. The molecule has 0 N–H and O–H groups in total. The number of rotatable bonds is 11. The molecular weight excluding hydrogens is 567 g/mol. The molecule has 0 heterocycles. The van der Waals surface area contributed by atoms with E-state index in [9.17, 15) is 0 Å². The molecule has 0 aliphatic heterocycles. The van der Waals surface area contributed by atoms with Crippen LogP contribution in [0.15, 0.2) is 84.9 Å². The molecule has 0 saturated carbocycles. The topological polar surface area (TPSA) is 36.9 Å². The summed E-state index contributed by atoms with van der Waals surface area (Å²) in [6.07, 6.45) is 0. The first-order chi connectivity index (χ1) is 20.6. The smallest absolute Gasteiger partial charge is 0.135 e. The van der Waals surface area contributed by atoms with Gasteiger partial charge in [0.25, 0.3) is 0 Å². The summed E-state index contributed by atoms with van der Waals surface area (Å²) in [5, 5.41) is 9.47. The van der Waals surface area contributed by atoms with Crippen LogP contribution in [0.1, 0.15) is 13.8 Å². The van der Waals surface area contributed by atoms with Gasteiger partial charge in [-0.25, -0.2) is 0 Å². The Morgan fingerprint density at radius 3 is 1.24 bits per heavy atom. The van der Waals surface area contributed by atoms with Crippen LogP contribution in [-0.4, -0.2) is 39.6 Å². The van der Waals surface area contributed by atoms with Crippen molar-refractivity contribution in [1.82, 2.24) is 0 Å². The lowest BCUT2D eigenvalue weighted by Gasteiger charge is -2.22. The number of fused-ring (bicyclic) bond motifs is 4. The van der Waals surface area contributed by atoms with E-state index in [1.54, 1.807) is 0 Å². The predicted molar refractivity (Wildman–Crippen MR) is 176 cm³/mol. The summed E-state index contributed by atoms with van der Waals surface area (Å²) < 4.78 is 24.0. The van der Waals surface area contributed by atoms with Crippen LogP contribution in [0.25, 0.3) is 54.2 Å². The van der Waals surface area contributed by atoms with Crippen molar-refractivity contribution in [2.24, 2.45) is 0 Å². The van der Waals surface area contributed by atoms with Gasteiger partial charge in [-0.15, -0.1) is 0 Å². The Labute approximate surface area is 255 Å². The number of ether oxygens (including phenoxy) is 4. The third-order valence-electron chi connectivity index (χ3n) is 7.48. The summed E-state index contributed by atoms with van der Waals surface area (Å²) in [5.74, 6) is 1.64. The number of halogens is 2. The average Bonchev–Trinajstić information content (AvgIpc) is 3.01. The van der Waals surface area contributed by atoms with Crippen LogP contribution in [0, 0.1) is 0 Å². The first kappa shape index (κ1) is 28.6. The van der Waals surface area contributed by atoms with Crippen molar-refractivity contribution < 1.29 is 18.9 Å². The third kappa shape index (κ3) is 5.36. The fourth-order valence-electron chi connectivity index (χ4n) is 5.76. The van der Waals surface area contributed by atoms with Gasteiger partial charge < -0.3 is 18.9 Å². The molecule has 0 spiro atoms. The summed E-state index contributed by atoms with van der Waals surface area (Å²) in [6, 6.07) is 28.8. The molecule has 0 saturated heterocycles. The van der Waals surface area contributed by atoms with Crippen molar-refractivity contribution in [3.05, 3.63) is 95.0 Å². The molecule has 0 aromatic heterocycles. The molecule has 214 valence electrons. The second kappa shape index (κ2) is 12.8. The summed E-state index contributed by atoms with van der Waals surface area (Å²) >= 11 is 13.4. The molecule has 0 amide bonds. The Morgan fingerprint density at radius 2 is 0.833 bits per heavy atom. The molecular formula is C36H32Cl2O4. The van der Waals surface area contributed by atoms with Gasteiger partial charge >= 0.3 is 0 Å². The van der Waals surface area contributed by atoms with Gasteiger partial charge in [0.05, 0.1) is 13.2 Å². The highest BCUT2D eigenvalue weighted by Crippen LogP contribution is 2.50. The maximum absolute atomic E-state index is 6.68. The standard InChI is InChI=1S/C36H32Cl2O4/c1-3-39-17-19-41-35-27-11-7-5-9-25(27)33(31-21-23(37)13-15-29(31)35)34-26-10-6-8-12-28(26)36(42-20-18-40-4-2)30-16-14-24(38)22-32(30)34/h5-16,21-22H,3-4,17-20H2,1-2H3. The van der Waals surface area contributed by atoms with Crippen molar-refractivity contribution >= 4 is 66.3 Å². The van der Waals surface area contributed by atoms with Crippen LogP contribution >= 0.6 is 23.2 Å². The van der Waals surface area contributed by atoms with E-state index in [2.05, 4.69) is 36.4 Å². The van der Waals surface area contributed by atoms with E-state index in [-0.39, 0.29) is 0 Å². The third-order valence-corrected chi connectivity index (χ3v) is 7.95. The molecule has 0 fully saturated rings. The Hall–Kier alpha value is -3.54. The highest BCUT2D eigenvalue weighted by molar-refractivity contribution is 6.34. The predicted octanol–water partition coefficient (Wildman–Crippen LogP) is 10.1. The summed E-state index contributed by atoms with van der Waals surface area (Å²) in [5.41, 5.74) is 2.15. The lowest BCUT2D eigenvalue weighted by Crippen LogP contribution is -2.07. The van der Waals surface area contributed by atoms with E-state index in [4.69, 9.17) is 42.1 Å². The summed E-state index contributed by atoms with van der Waals surface area (Å²) in [6.45, 7) is 7.19. The highest BCUT2D eigenvalue weighted by Gasteiger charge is 2.23. The molecule has 6 rings (SSSR count). The van der Waals surface area contributed by atoms with Crippen molar-refractivity contribution in [2.75, 3.05) is 39.6 Å². The Balaban J connectivity index is 1.71. The minimum Gasteiger partial charge on any atom is -0.490 e. The molecule has 42 heavy (non-hydrogen) atoms. The highest BCUT2D eigenvalue weighted by atomic mass is 35.5. The van der Waals surface area contributed by atoms with Crippen LogP contribution in [0.4, 0.5) is 0 Å². The van der Waals surface area contributed by atoms with E-state index < -0.39 is 0 Å². The lowest BCUT2D eigenvalue weighted by molar-refractivity contribution is 0.111. The zero-order valence-electron chi connectivity index (χ0n) is 23.7. The van der Waals surface area contributed by atoms with E-state index in [0.29, 0.717) is 49.7 Å². The largest absolute Gasteiger partial charge is 0.490 e. The van der Waals surface area contributed by atoms with Crippen molar-refractivity contribution in [3.8, 4) is 22.6 Å². The van der Waals surface area contributed by atoms with Gasteiger partial charge in [-0.1, -0.05) is 71.7 Å². The Kier molecular flexibility index (Phi) is 8.68. The van der Waals surface area contributed by atoms with E-state index in [1.807, 2.05) is 62.4 Å². The fourth-order valence-corrected chi connectivity index (χ4v) is 6.11. The second-order valence-corrected chi connectivity index (χ2v) is 10.8. The van der Waals surface area contributed by atoms with Crippen LogP contribution in [0.3, 0.4) is 0 Å². The van der Waals surface area contributed by atoms with Gasteiger partial charge in [-0.2, -0.15) is 0 Å². The molecule has 0 radical (unpaired) electrons. The first-order valence-corrected chi connectivity index (χ1v) is 15.1. The molecule has 0 atom stereocenters. The maximum Gasteiger partial charge on any atom is 0.135 e. The summed E-state index contributed by atoms with van der Waals surface area (Å²) in [4.78, 5) is 0. The molecule has 0 unspecified atom stereocenters. The second-order valence-electron chi connectivity index (χ2n) is 9.97. The summed E-state index contributed by atoms with van der Waals surface area (Å²) in [7, 11) is 0. The fraction of sp³-hybridized carbons (Fsp3) is 0.222. The van der Waals surface area contributed by atoms with Crippen LogP contribution in [-0.2, 0) is 9.47 Å². The Morgan fingerprint density at radius 1 is 0.452 bits per heavy atom. The number of hydrogen-bond donors (Lipinski definition) is 0. The van der Waals surface area contributed by atoms with Crippen molar-refractivity contribution in [3.63, 3.8) is 0 Å². The lowest BCUT2D eigenvalue weighted by atomic mass is 9.85. The SMILES string of the molecule is CCOCCOc1c2ccccc2c(-c2c3ccccc3c(OCCOCC)c3ccc(Cl)cc23)c2cc(Cl)ccc12.